The van der Waals surface area contributed by atoms with Crippen LogP contribution in [0.3, 0.4) is 0 Å². The highest BCUT2D eigenvalue weighted by atomic mass is 16.5. The standard InChI is InChI=1S/C18H19NO4/c1-13(21)23-17(15-10-6-3-7-11-15)18(22)19-16(12-20)14-8-4-2-5-9-14/h2-11,16-17,20H,12H2,1H3,(H,19,22)/t16-,17+/m0/s1. The molecule has 1 amide bonds. The first-order chi connectivity index (χ1) is 11.1. The number of aliphatic hydroxyl groups is 1. The molecule has 5 nitrogen and oxygen atoms in total. The summed E-state index contributed by atoms with van der Waals surface area (Å²) >= 11 is 0. The third-order valence-corrected chi connectivity index (χ3v) is 3.33. The van der Waals surface area contributed by atoms with Crippen LogP contribution in [0.5, 0.6) is 0 Å². The van der Waals surface area contributed by atoms with Gasteiger partial charge in [0, 0.05) is 12.5 Å². The fraction of sp³-hybridized carbons (Fsp3) is 0.222. The molecule has 2 atom stereocenters. The summed E-state index contributed by atoms with van der Waals surface area (Å²) in [5, 5.41) is 12.3. The molecule has 120 valence electrons. The molecular formula is C18H19NO4. The molecule has 0 saturated heterocycles. The molecule has 0 aliphatic heterocycles. The molecule has 0 bridgehead atoms. The molecule has 0 radical (unpaired) electrons. The van der Waals surface area contributed by atoms with Crippen molar-refractivity contribution in [3.05, 3.63) is 71.8 Å². The number of ether oxygens (including phenoxy) is 1. The van der Waals surface area contributed by atoms with Crippen LogP contribution in [0.2, 0.25) is 0 Å². The monoisotopic (exact) mass is 313 g/mol. The number of benzene rings is 2. The predicted octanol–water partition coefficient (Wildman–Crippen LogP) is 2.14. The first-order valence-electron chi connectivity index (χ1n) is 7.30. The van der Waals surface area contributed by atoms with Crippen LogP contribution < -0.4 is 5.32 Å². The molecule has 2 N–H and O–H groups in total. The molecule has 2 rings (SSSR count). The summed E-state index contributed by atoms with van der Waals surface area (Å²) < 4.78 is 5.15. The highest BCUT2D eigenvalue weighted by Crippen LogP contribution is 2.20. The Balaban J connectivity index is 2.18. The van der Waals surface area contributed by atoms with Gasteiger partial charge in [-0.3, -0.25) is 9.59 Å². The largest absolute Gasteiger partial charge is 0.447 e. The van der Waals surface area contributed by atoms with E-state index in [1.807, 2.05) is 36.4 Å². The minimum atomic E-state index is -1.05. The van der Waals surface area contributed by atoms with Gasteiger partial charge in [-0.25, -0.2) is 0 Å². The number of hydrogen-bond acceptors (Lipinski definition) is 4. The van der Waals surface area contributed by atoms with E-state index in [2.05, 4.69) is 5.32 Å². The van der Waals surface area contributed by atoms with Gasteiger partial charge in [-0.15, -0.1) is 0 Å². The lowest BCUT2D eigenvalue weighted by molar-refractivity contribution is -0.154. The zero-order valence-electron chi connectivity index (χ0n) is 12.8. The third kappa shape index (κ3) is 4.66. The van der Waals surface area contributed by atoms with E-state index in [1.54, 1.807) is 24.3 Å². The number of nitrogens with one attached hydrogen (secondary N) is 1. The lowest BCUT2D eigenvalue weighted by atomic mass is 10.1. The number of rotatable bonds is 6. The molecule has 5 heteroatoms. The minimum absolute atomic E-state index is 0.253. The van der Waals surface area contributed by atoms with Crippen molar-refractivity contribution in [3.63, 3.8) is 0 Å². The highest BCUT2D eigenvalue weighted by Gasteiger charge is 2.26. The third-order valence-electron chi connectivity index (χ3n) is 3.33. The second-order valence-electron chi connectivity index (χ2n) is 5.05. The number of aliphatic hydroxyl groups excluding tert-OH is 1. The number of esters is 1. The van der Waals surface area contributed by atoms with Gasteiger partial charge < -0.3 is 15.2 Å². The first-order valence-corrected chi connectivity index (χ1v) is 7.30. The molecular weight excluding hydrogens is 294 g/mol. The van der Waals surface area contributed by atoms with Crippen LogP contribution in [0, 0.1) is 0 Å². The van der Waals surface area contributed by atoms with E-state index in [-0.39, 0.29) is 6.61 Å². The quantitative estimate of drug-likeness (QED) is 0.801. The summed E-state index contributed by atoms with van der Waals surface area (Å²) in [5.74, 6) is -1.02. The Morgan fingerprint density at radius 2 is 1.52 bits per heavy atom. The Morgan fingerprint density at radius 3 is 2.00 bits per heavy atom. The van der Waals surface area contributed by atoms with E-state index in [1.165, 1.54) is 6.92 Å². The lowest BCUT2D eigenvalue weighted by Gasteiger charge is -2.22. The fourth-order valence-corrected chi connectivity index (χ4v) is 2.23. The Hall–Kier alpha value is -2.66. The van der Waals surface area contributed by atoms with Gasteiger partial charge in [0.2, 0.25) is 6.10 Å². The van der Waals surface area contributed by atoms with Crippen molar-refractivity contribution < 1.29 is 19.4 Å². The van der Waals surface area contributed by atoms with E-state index >= 15 is 0 Å². The van der Waals surface area contributed by atoms with Crippen molar-refractivity contribution >= 4 is 11.9 Å². The first kappa shape index (κ1) is 16.7. The maximum absolute atomic E-state index is 12.5. The van der Waals surface area contributed by atoms with Crippen LogP contribution in [0.15, 0.2) is 60.7 Å². The molecule has 0 fully saturated rings. The van der Waals surface area contributed by atoms with Crippen LogP contribution in [0.4, 0.5) is 0 Å². The Morgan fingerprint density at radius 1 is 1.00 bits per heavy atom. The molecule has 23 heavy (non-hydrogen) atoms. The SMILES string of the molecule is CC(=O)O[C@@H](C(=O)N[C@@H](CO)c1ccccc1)c1ccccc1. The van der Waals surface area contributed by atoms with E-state index in [4.69, 9.17) is 4.74 Å². The fourth-order valence-electron chi connectivity index (χ4n) is 2.23. The average Bonchev–Trinajstić information content (AvgIpc) is 2.58. The van der Waals surface area contributed by atoms with Crippen LogP contribution in [-0.4, -0.2) is 23.6 Å². The van der Waals surface area contributed by atoms with Crippen molar-refractivity contribution in [2.75, 3.05) is 6.61 Å². The average molecular weight is 313 g/mol. The Labute approximate surface area is 134 Å². The van der Waals surface area contributed by atoms with Crippen molar-refractivity contribution in [2.24, 2.45) is 0 Å². The summed E-state index contributed by atoms with van der Waals surface area (Å²) in [5.41, 5.74) is 1.35. The predicted molar refractivity (Wildman–Crippen MR) is 85.4 cm³/mol. The Kier molecular flexibility index (Phi) is 5.88. The van der Waals surface area contributed by atoms with Gasteiger partial charge in [0.05, 0.1) is 12.6 Å². The van der Waals surface area contributed by atoms with Crippen molar-refractivity contribution in [1.29, 1.82) is 0 Å². The molecule has 2 aromatic carbocycles. The van der Waals surface area contributed by atoms with Gasteiger partial charge in [-0.05, 0) is 5.56 Å². The molecule has 0 saturated carbocycles. The van der Waals surface area contributed by atoms with E-state index in [0.29, 0.717) is 5.56 Å². The summed E-state index contributed by atoms with van der Waals surface area (Å²) in [6, 6.07) is 17.3. The second kappa shape index (κ2) is 8.10. The van der Waals surface area contributed by atoms with Gasteiger partial charge >= 0.3 is 5.97 Å². The number of amides is 1. The van der Waals surface area contributed by atoms with Crippen LogP contribution in [0.1, 0.15) is 30.2 Å². The van der Waals surface area contributed by atoms with Crippen LogP contribution in [0.25, 0.3) is 0 Å². The molecule has 2 aromatic rings. The Bertz CT molecular complexity index is 643. The van der Waals surface area contributed by atoms with Gasteiger partial charge in [-0.2, -0.15) is 0 Å². The summed E-state index contributed by atoms with van der Waals surface area (Å²) in [6.45, 7) is 1.00. The van der Waals surface area contributed by atoms with Crippen molar-refractivity contribution in [3.8, 4) is 0 Å². The molecule has 0 aliphatic carbocycles. The molecule has 0 spiro atoms. The van der Waals surface area contributed by atoms with Crippen LogP contribution in [-0.2, 0) is 14.3 Å². The minimum Gasteiger partial charge on any atom is -0.447 e. The van der Waals surface area contributed by atoms with Gasteiger partial charge in [-0.1, -0.05) is 60.7 Å². The molecule has 0 heterocycles. The number of hydrogen-bond donors (Lipinski definition) is 2. The van der Waals surface area contributed by atoms with Gasteiger partial charge in [0.1, 0.15) is 0 Å². The summed E-state index contributed by atoms with van der Waals surface area (Å²) in [7, 11) is 0. The maximum Gasteiger partial charge on any atom is 0.303 e. The number of carbonyl (C=O) groups excluding carboxylic acids is 2. The van der Waals surface area contributed by atoms with E-state index in [0.717, 1.165) is 5.56 Å². The van der Waals surface area contributed by atoms with Crippen LogP contribution >= 0.6 is 0 Å². The molecule has 0 aliphatic rings. The van der Waals surface area contributed by atoms with Gasteiger partial charge in [0.25, 0.3) is 5.91 Å². The smallest absolute Gasteiger partial charge is 0.303 e. The topological polar surface area (TPSA) is 75.6 Å². The highest BCUT2D eigenvalue weighted by molar-refractivity contribution is 5.85. The zero-order chi connectivity index (χ0) is 16.7. The second-order valence-corrected chi connectivity index (χ2v) is 5.05. The zero-order valence-corrected chi connectivity index (χ0v) is 12.8. The van der Waals surface area contributed by atoms with Gasteiger partial charge in [0.15, 0.2) is 0 Å². The maximum atomic E-state index is 12.5. The van der Waals surface area contributed by atoms with E-state index < -0.39 is 24.0 Å². The lowest BCUT2D eigenvalue weighted by Crippen LogP contribution is -2.36. The summed E-state index contributed by atoms with van der Waals surface area (Å²) in [4.78, 5) is 23.8. The molecule has 0 unspecified atom stereocenters. The van der Waals surface area contributed by atoms with Crippen molar-refractivity contribution in [2.45, 2.75) is 19.1 Å². The normalized spacial score (nSPS) is 13.0. The van der Waals surface area contributed by atoms with Crippen molar-refractivity contribution in [1.82, 2.24) is 5.32 Å². The number of carbonyl (C=O) groups is 2. The molecule has 0 aromatic heterocycles. The summed E-state index contributed by atoms with van der Waals surface area (Å²) in [6.07, 6.45) is -1.05. The van der Waals surface area contributed by atoms with E-state index in [9.17, 15) is 14.7 Å².